The number of rotatable bonds is 6. The van der Waals surface area contributed by atoms with E-state index < -0.39 is 12.2 Å². The van der Waals surface area contributed by atoms with Crippen molar-refractivity contribution in [2.75, 3.05) is 53.5 Å². The van der Waals surface area contributed by atoms with Crippen molar-refractivity contribution in [2.24, 2.45) is 0 Å². The first-order chi connectivity index (χ1) is 13.0. The molecule has 3 N–H and O–H groups in total. The van der Waals surface area contributed by atoms with Gasteiger partial charge in [0.1, 0.15) is 18.0 Å². The van der Waals surface area contributed by atoms with E-state index in [4.69, 9.17) is 9.47 Å². The van der Waals surface area contributed by atoms with Crippen molar-refractivity contribution >= 4 is 5.91 Å². The third-order valence-corrected chi connectivity index (χ3v) is 5.42. The maximum atomic E-state index is 12.4. The number of amides is 1. The number of hydrogen-bond acceptors (Lipinski definition) is 7. The number of aliphatic hydroxyl groups excluding tert-OH is 2. The summed E-state index contributed by atoms with van der Waals surface area (Å²) < 4.78 is 11.0. The van der Waals surface area contributed by atoms with Crippen LogP contribution in [0.4, 0.5) is 0 Å². The number of carbonyl (C=O) groups is 1. The summed E-state index contributed by atoms with van der Waals surface area (Å²) in [5, 5.41) is 23.0. The third kappa shape index (κ3) is 4.59. The van der Waals surface area contributed by atoms with Crippen molar-refractivity contribution in [1.29, 1.82) is 0 Å². The highest BCUT2D eigenvalue weighted by atomic mass is 16.5. The standard InChI is InChI=1S/C19H29N3O5/c1-21-7-9-22(10-8-21)17-15(27-16(12-23)18(17)24)11-20-19(25)13-3-5-14(26-2)6-4-13/h3-6,15-18,23-24H,7-12H2,1-2H3,(H,20,25)/t15-,16+,17-,18-/m1/s1. The van der Waals surface area contributed by atoms with Gasteiger partial charge in [0.15, 0.2) is 0 Å². The van der Waals surface area contributed by atoms with Crippen LogP contribution < -0.4 is 10.1 Å². The monoisotopic (exact) mass is 379 g/mol. The van der Waals surface area contributed by atoms with Gasteiger partial charge in [0.2, 0.25) is 0 Å². The van der Waals surface area contributed by atoms with Crippen LogP contribution >= 0.6 is 0 Å². The lowest BCUT2D eigenvalue weighted by Gasteiger charge is -2.39. The summed E-state index contributed by atoms with van der Waals surface area (Å²) in [5.74, 6) is 0.482. The predicted octanol–water partition coefficient (Wildman–Crippen LogP) is -0.838. The van der Waals surface area contributed by atoms with E-state index >= 15 is 0 Å². The fourth-order valence-electron chi connectivity index (χ4n) is 3.75. The summed E-state index contributed by atoms with van der Waals surface area (Å²) in [6, 6.07) is 6.63. The van der Waals surface area contributed by atoms with Gasteiger partial charge in [-0.25, -0.2) is 0 Å². The molecule has 2 heterocycles. The molecule has 2 aliphatic rings. The van der Waals surface area contributed by atoms with E-state index in [-0.39, 0.29) is 31.2 Å². The maximum Gasteiger partial charge on any atom is 0.251 e. The fraction of sp³-hybridized carbons (Fsp3) is 0.632. The van der Waals surface area contributed by atoms with Crippen LogP contribution in [0.2, 0.25) is 0 Å². The minimum absolute atomic E-state index is 0.208. The number of nitrogens with one attached hydrogen (secondary N) is 1. The second kappa shape index (κ2) is 8.99. The van der Waals surface area contributed by atoms with Gasteiger partial charge in [0, 0.05) is 38.3 Å². The number of nitrogens with zero attached hydrogens (tertiary/aromatic N) is 2. The molecule has 0 radical (unpaired) electrons. The summed E-state index contributed by atoms with van der Waals surface area (Å²) in [6.07, 6.45) is -1.78. The number of aliphatic hydroxyl groups is 2. The van der Waals surface area contributed by atoms with Crippen LogP contribution in [0.1, 0.15) is 10.4 Å². The van der Waals surface area contributed by atoms with Crippen molar-refractivity contribution in [3.8, 4) is 5.75 Å². The number of methoxy groups -OCH3 is 1. The minimum atomic E-state index is -0.777. The molecule has 0 bridgehead atoms. The molecule has 27 heavy (non-hydrogen) atoms. The second-order valence-corrected chi connectivity index (χ2v) is 7.15. The third-order valence-electron chi connectivity index (χ3n) is 5.42. The van der Waals surface area contributed by atoms with E-state index in [0.717, 1.165) is 26.2 Å². The normalized spacial score (nSPS) is 29.6. The lowest BCUT2D eigenvalue weighted by atomic mass is 10.0. The van der Waals surface area contributed by atoms with Crippen molar-refractivity contribution in [2.45, 2.75) is 24.4 Å². The van der Waals surface area contributed by atoms with Crippen LogP contribution in [0.15, 0.2) is 24.3 Å². The number of hydrogen-bond donors (Lipinski definition) is 3. The second-order valence-electron chi connectivity index (χ2n) is 7.15. The highest BCUT2D eigenvalue weighted by molar-refractivity contribution is 5.94. The molecule has 0 aliphatic carbocycles. The first kappa shape index (κ1) is 20.0. The zero-order chi connectivity index (χ0) is 19.4. The molecule has 2 fully saturated rings. The summed E-state index contributed by atoms with van der Waals surface area (Å²) in [7, 11) is 3.65. The molecule has 0 unspecified atom stereocenters. The Hall–Kier alpha value is -1.71. The lowest BCUT2D eigenvalue weighted by Crippen LogP contribution is -2.56. The molecule has 4 atom stereocenters. The Labute approximate surface area is 159 Å². The predicted molar refractivity (Wildman–Crippen MR) is 99.9 cm³/mol. The molecule has 0 saturated carbocycles. The average molecular weight is 379 g/mol. The number of carbonyl (C=O) groups excluding carboxylic acids is 1. The van der Waals surface area contributed by atoms with Crippen molar-refractivity contribution < 1.29 is 24.5 Å². The van der Waals surface area contributed by atoms with Crippen molar-refractivity contribution in [1.82, 2.24) is 15.1 Å². The van der Waals surface area contributed by atoms with E-state index in [1.165, 1.54) is 0 Å². The zero-order valence-corrected chi connectivity index (χ0v) is 15.9. The molecule has 8 heteroatoms. The highest BCUT2D eigenvalue weighted by Crippen LogP contribution is 2.26. The zero-order valence-electron chi connectivity index (χ0n) is 15.9. The Bertz CT molecular complexity index is 618. The largest absolute Gasteiger partial charge is 0.497 e. The molecular weight excluding hydrogens is 350 g/mol. The number of ether oxygens (including phenoxy) is 2. The van der Waals surface area contributed by atoms with Crippen molar-refractivity contribution in [3.05, 3.63) is 29.8 Å². The topological polar surface area (TPSA) is 94.5 Å². The number of likely N-dealkylation sites (N-methyl/N-ethyl adjacent to an activating group) is 1. The molecule has 2 aliphatic heterocycles. The summed E-state index contributed by atoms with van der Waals surface area (Å²) in [6.45, 7) is 3.50. The Morgan fingerprint density at radius 2 is 1.89 bits per heavy atom. The Morgan fingerprint density at radius 1 is 1.22 bits per heavy atom. The number of benzene rings is 1. The summed E-state index contributed by atoms with van der Waals surface area (Å²) >= 11 is 0. The molecule has 1 aromatic rings. The smallest absolute Gasteiger partial charge is 0.251 e. The maximum absolute atomic E-state index is 12.4. The molecule has 2 saturated heterocycles. The first-order valence-electron chi connectivity index (χ1n) is 9.32. The number of piperazine rings is 1. The SMILES string of the molecule is COc1ccc(C(=O)NC[C@H]2O[C@@H](CO)[C@@H](O)[C@@H]2N2CCN(C)CC2)cc1. The van der Waals surface area contributed by atoms with E-state index in [0.29, 0.717) is 11.3 Å². The molecular formula is C19H29N3O5. The fourth-order valence-corrected chi connectivity index (χ4v) is 3.75. The van der Waals surface area contributed by atoms with Gasteiger partial charge >= 0.3 is 0 Å². The van der Waals surface area contributed by atoms with Gasteiger partial charge in [-0.05, 0) is 31.3 Å². The molecule has 3 rings (SSSR count). The summed E-state index contributed by atoms with van der Waals surface area (Å²) in [5.41, 5.74) is 0.532. The molecule has 0 spiro atoms. The van der Waals surface area contributed by atoms with Gasteiger partial charge in [-0.1, -0.05) is 0 Å². The molecule has 0 aromatic heterocycles. The van der Waals surface area contributed by atoms with Crippen LogP contribution in [0.25, 0.3) is 0 Å². The van der Waals surface area contributed by atoms with Crippen LogP contribution in [-0.4, -0.2) is 104 Å². The van der Waals surface area contributed by atoms with E-state index in [2.05, 4.69) is 22.2 Å². The molecule has 1 aromatic carbocycles. The van der Waals surface area contributed by atoms with Gasteiger partial charge in [-0.15, -0.1) is 0 Å². The molecule has 1 amide bonds. The van der Waals surface area contributed by atoms with E-state index in [1.54, 1.807) is 31.4 Å². The van der Waals surface area contributed by atoms with Crippen LogP contribution in [-0.2, 0) is 4.74 Å². The first-order valence-corrected chi connectivity index (χ1v) is 9.32. The Kier molecular flexibility index (Phi) is 6.67. The van der Waals surface area contributed by atoms with Gasteiger partial charge in [0.25, 0.3) is 5.91 Å². The highest BCUT2D eigenvalue weighted by Gasteiger charge is 2.46. The van der Waals surface area contributed by atoms with Crippen LogP contribution in [0.3, 0.4) is 0 Å². The van der Waals surface area contributed by atoms with Gasteiger partial charge in [0.05, 0.1) is 25.9 Å². The van der Waals surface area contributed by atoms with Gasteiger partial charge in [-0.2, -0.15) is 0 Å². The molecule has 8 nitrogen and oxygen atoms in total. The minimum Gasteiger partial charge on any atom is -0.497 e. The van der Waals surface area contributed by atoms with Crippen LogP contribution in [0.5, 0.6) is 5.75 Å². The average Bonchev–Trinajstić information content (AvgIpc) is 3.02. The van der Waals surface area contributed by atoms with Gasteiger partial charge in [-0.3, -0.25) is 9.69 Å². The van der Waals surface area contributed by atoms with Crippen molar-refractivity contribution in [3.63, 3.8) is 0 Å². The lowest BCUT2D eigenvalue weighted by molar-refractivity contribution is -0.0209. The van der Waals surface area contributed by atoms with E-state index in [9.17, 15) is 15.0 Å². The quantitative estimate of drug-likeness (QED) is 0.593. The summed E-state index contributed by atoms with van der Waals surface area (Å²) in [4.78, 5) is 16.9. The van der Waals surface area contributed by atoms with Gasteiger partial charge < -0.3 is 29.9 Å². The van der Waals surface area contributed by atoms with E-state index in [1.807, 2.05) is 0 Å². The Balaban J connectivity index is 1.62. The van der Waals surface area contributed by atoms with Crippen LogP contribution in [0, 0.1) is 0 Å². The Morgan fingerprint density at radius 3 is 2.48 bits per heavy atom. The molecule has 150 valence electrons.